The molecule has 0 aromatic heterocycles. The lowest BCUT2D eigenvalue weighted by Crippen LogP contribution is -2.52. The number of amides is 2. The Hall–Kier alpha value is -3.06. The summed E-state index contributed by atoms with van der Waals surface area (Å²) in [5.41, 5.74) is 0. The predicted octanol–water partition coefficient (Wildman–Crippen LogP) is 4.32. The third kappa shape index (κ3) is 19.9. The summed E-state index contributed by atoms with van der Waals surface area (Å²) in [6.45, 7) is 1.55. The van der Waals surface area contributed by atoms with E-state index in [0.29, 0.717) is 0 Å². The van der Waals surface area contributed by atoms with Gasteiger partial charge in [0.05, 0.1) is 20.3 Å². The molecule has 13 heteroatoms. The SMILES string of the molecule is CCCCC/C=C\C\C=C/C=C/C=C/[C@@H](SC[C@H](NC(=O)C(F)(F)F)C(=O)NCC(=O)OC)[C@@H](O)CCCC(=O)OC. The molecular formula is C29H43F3N2O7S. The monoisotopic (exact) mass is 620 g/mol. The fourth-order valence-corrected chi connectivity index (χ4v) is 4.48. The first kappa shape index (κ1) is 38.9. The van der Waals surface area contributed by atoms with Crippen molar-refractivity contribution in [2.75, 3.05) is 26.5 Å². The summed E-state index contributed by atoms with van der Waals surface area (Å²) >= 11 is 0.933. The highest BCUT2D eigenvalue weighted by Gasteiger charge is 2.41. The number of aliphatic hydroxyl groups excluding tert-OH is 1. The summed E-state index contributed by atoms with van der Waals surface area (Å²) in [4.78, 5) is 46.8. The molecule has 0 heterocycles. The molecule has 0 saturated carbocycles. The van der Waals surface area contributed by atoms with Crippen molar-refractivity contribution >= 4 is 35.5 Å². The number of ether oxygens (including phenoxy) is 2. The minimum absolute atomic E-state index is 0.0621. The highest BCUT2D eigenvalue weighted by Crippen LogP contribution is 2.22. The fourth-order valence-electron chi connectivity index (χ4n) is 3.27. The first-order valence-electron chi connectivity index (χ1n) is 13.7. The maximum absolute atomic E-state index is 12.9. The molecule has 3 atom stereocenters. The van der Waals surface area contributed by atoms with Crippen LogP contribution >= 0.6 is 11.8 Å². The number of hydrogen-bond acceptors (Lipinski definition) is 8. The third-order valence-corrected chi connectivity index (χ3v) is 7.02. The number of carbonyl (C=O) groups is 4. The normalized spacial score (nSPS) is 14.4. The van der Waals surface area contributed by atoms with E-state index in [1.807, 2.05) is 12.2 Å². The fraction of sp³-hybridized carbons (Fsp3) is 0.586. The number of unbranched alkanes of at least 4 members (excludes halogenated alkanes) is 3. The first-order valence-corrected chi connectivity index (χ1v) is 14.7. The van der Waals surface area contributed by atoms with Gasteiger partial charge < -0.3 is 25.2 Å². The molecule has 2 amide bonds. The van der Waals surface area contributed by atoms with Crippen molar-refractivity contribution < 1.29 is 46.9 Å². The Balaban J connectivity index is 5.42. The van der Waals surface area contributed by atoms with Crippen LogP contribution in [0.5, 0.6) is 0 Å². The highest BCUT2D eigenvalue weighted by molar-refractivity contribution is 8.00. The Bertz CT molecular complexity index is 937. The summed E-state index contributed by atoms with van der Waals surface area (Å²) in [5, 5.41) is 13.8. The van der Waals surface area contributed by atoms with Gasteiger partial charge in [-0.05, 0) is 32.1 Å². The summed E-state index contributed by atoms with van der Waals surface area (Å²) < 4.78 is 47.6. The van der Waals surface area contributed by atoms with Crippen LogP contribution in [-0.2, 0) is 28.7 Å². The van der Waals surface area contributed by atoms with Crippen LogP contribution in [0.15, 0.2) is 48.6 Å². The van der Waals surface area contributed by atoms with Crippen LogP contribution in [0.25, 0.3) is 0 Å². The molecule has 42 heavy (non-hydrogen) atoms. The van der Waals surface area contributed by atoms with Crippen molar-refractivity contribution in [3.63, 3.8) is 0 Å². The van der Waals surface area contributed by atoms with Crippen LogP contribution in [0.3, 0.4) is 0 Å². The van der Waals surface area contributed by atoms with E-state index in [-0.39, 0.29) is 25.0 Å². The van der Waals surface area contributed by atoms with E-state index >= 15 is 0 Å². The molecule has 0 fully saturated rings. The Morgan fingerprint density at radius 3 is 2.26 bits per heavy atom. The zero-order chi connectivity index (χ0) is 31.8. The van der Waals surface area contributed by atoms with Crippen LogP contribution in [0.1, 0.15) is 58.3 Å². The molecule has 0 aliphatic rings. The Morgan fingerprint density at radius 2 is 1.62 bits per heavy atom. The maximum Gasteiger partial charge on any atom is 0.471 e. The molecule has 0 aliphatic carbocycles. The molecule has 0 aliphatic heterocycles. The van der Waals surface area contributed by atoms with E-state index in [4.69, 9.17) is 0 Å². The zero-order valence-corrected chi connectivity index (χ0v) is 25.2. The van der Waals surface area contributed by atoms with Gasteiger partial charge in [0, 0.05) is 17.4 Å². The molecule has 0 aromatic rings. The number of methoxy groups -OCH3 is 2. The van der Waals surface area contributed by atoms with E-state index in [1.165, 1.54) is 26.4 Å². The first-order chi connectivity index (χ1) is 20.0. The van der Waals surface area contributed by atoms with Gasteiger partial charge >= 0.3 is 24.0 Å². The number of halogens is 3. The van der Waals surface area contributed by atoms with Gasteiger partial charge in [-0.15, -0.1) is 11.8 Å². The van der Waals surface area contributed by atoms with Gasteiger partial charge in [0.15, 0.2) is 0 Å². The van der Waals surface area contributed by atoms with Crippen LogP contribution in [0.2, 0.25) is 0 Å². The third-order valence-electron chi connectivity index (χ3n) is 5.64. The standard InChI is InChI=1S/C29H43F3N2O7S/c1-4-5-6-7-8-9-10-11-12-13-14-15-18-24(23(35)17-16-19-25(36)40-2)42-21-22(34-28(39)29(30,31)32)27(38)33-20-26(37)41-3/h8-9,11-15,18,22-24,35H,4-7,10,16-17,19-21H2,1-3H3,(H,33,38)(H,34,39)/b9-8-,12-11-,14-13+,18-15+/t22-,23-,24+/m0/s1. The second-order valence-corrected chi connectivity index (χ2v) is 10.3. The van der Waals surface area contributed by atoms with E-state index in [9.17, 15) is 37.5 Å². The number of carbonyl (C=O) groups excluding carboxylic acids is 4. The smallest absolute Gasteiger partial charge is 0.469 e. The number of alkyl halides is 3. The number of rotatable bonds is 21. The topological polar surface area (TPSA) is 131 Å². The summed E-state index contributed by atoms with van der Waals surface area (Å²) in [6, 6.07) is -1.67. The lowest BCUT2D eigenvalue weighted by molar-refractivity contribution is -0.174. The molecule has 0 unspecified atom stereocenters. The van der Waals surface area contributed by atoms with Crippen molar-refractivity contribution in [2.45, 2.75) is 81.9 Å². The summed E-state index contributed by atoms with van der Waals surface area (Å²) in [7, 11) is 2.31. The minimum atomic E-state index is -5.23. The Kier molecular flexibility index (Phi) is 21.8. The van der Waals surface area contributed by atoms with Crippen molar-refractivity contribution in [3.05, 3.63) is 48.6 Å². The number of allylic oxidation sites excluding steroid dienone is 7. The van der Waals surface area contributed by atoms with Gasteiger partial charge in [-0.25, -0.2) is 0 Å². The number of nitrogens with one attached hydrogen (secondary N) is 2. The Morgan fingerprint density at radius 1 is 0.929 bits per heavy atom. The van der Waals surface area contributed by atoms with Gasteiger partial charge in [0.1, 0.15) is 12.6 Å². The predicted molar refractivity (Wildman–Crippen MR) is 156 cm³/mol. The molecule has 0 saturated heterocycles. The maximum atomic E-state index is 12.9. The molecule has 0 bridgehead atoms. The molecule has 9 nitrogen and oxygen atoms in total. The number of thioether (sulfide) groups is 1. The number of hydrogen-bond donors (Lipinski definition) is 3. The van der Waals surface area contributed by atoms with Crippen molar-refractivity contribution in [3.8, 4) is 0 Å². The zero-order valence-electron chi connectivity index (χ0n) is 24.4. The van der Waals surface area contributed by atoms with E-state index < -0.39 is 53.9 Å². The van der Waals surface area contributed by atoms with Crippen LogP contribution in [-0.4, -0.2) is 78.9 Å². The van der Waals surface area contributed by atoms with Gasteiger partial charge in [0.25, 0.3) is 0 Å². The quantitative estimate of drug-likeness (QED) is 0.0749. The lowest BCUT2D eigenvalue weighted by Gasteiger charge is -2.23. The average Bonchev–Trinajstić information content (AvgIpc) is 2.95. The minimum Gasteiger partial charge on any atom is -0.469 e. The van der Waals surface area contributed by atoms with E-state index in [2.05, 4.69) is 33.9 Å². The summed E-state index contributed by atoms with van der Waals surface area (Å²) in [6.07, 6.45) is 14.4. The largest absolute Gasteiger partial charge is 0.471 e. The molecule has 0 rings (SSSR count). The van der Waals surface area contributed by atoms with Crippen molar-refractivity contribution in [1.29, 1.82) is 0 Å². The van der Waals surface area contributed by atoms with E-state index in [0.717, 1.165) is 31.7 Å². The molecule has 0 aromatic carbocycles. The average molecular weight is 621 g/mol. The molecule has 238 valence electrons. The van der Waals surface area contributed by atoms with Gasteiger partial charge in [-0.3, -0.25) is 19.2 Å². The van der Waals surface area contributed by atoms with Crippen LogP contribution in [0.4, 0.5) is 13.2 Å². The van der Waals surface area contributed by atoms with Gasteiger partial charge in [-0.1, -0.05) is 68.4 Å². The number of aliphatic hydroxyl groups is 1. The summed E-state index contributed by atoms with van der Waals surface area (Å²) in [5.74, 6) is -4.99. The number of esters is 2. The highest BCUT2D eigenvalue weighted by atomic mass is 32.2. The van der Waals surface area contributed by atoms with Crippen LogP contribution in [0, 0.1) is 0 Å². The van der Waals surface area contributed by atoms with Gasteiger partial charge in [-0.2, -0.15) is 13.2 Å². The second kappa shape index (κ2) is 23.5. The lowest BCUT2D eigenvalue weighted by atomic mass is 10.1. The second-order valence-electron chi connectivity index (χ2n) is 9.05. The molecule has 3 N–H and O–H groups in total. The van der Waals surface area contributed by atoms with Crippen LogP contribution < -0.4 is 10.6 Å². The van der Waals surface area contributed by atoms with Gasteiger partial charge in [0.2, 0.25) is 5.91 Å². The van der Waals surface area contributed by atoms with Crippen molar-refractivity contribution in [1.82, 2.24) is 10.6 Å². The van der Waals surface area contributed by atoms with E-state index in [1.54, 1.807) is 29.6 Å². The molecular weight excluding hydrogens is 577 g/mol. The van der Waals surface area contributed by atoms with Crippen molar-refractivity contribution in [2.24, 2.45) is 0 Å². The molecule has 0 radical (unpaired) electrons. The Labute approximate surface area is 250 Å². The molecule has 0 spiro atoms.